The van der Waals surface area contributed by atoms with Crippen LogP contribution in [-0.2, 0) is 7.05 Å². The number of aryl methyl sites for hydroxylation is 2. The third-order valence-electron chi connectivity index (χ3n) is 3.13. The van der Waals surface area contributed by atoms with Crippen LogP contribution in [0.2, 0.25) is 0 Å². The van der Waals surface area contributed by atoms with Gasteiger partial charge in [-0.25, -0.2) is 4.98 Å². The maximum atomic E-state index is 12.2. The Morgan fingerprint density at radius 1 is 1.33 bits per heavy atom. The third-order valence-corrected chi connectivity index (χ3v) is 3.13. The molecule has 3 aromatic rings. The molecule has 0 unspecified atom stereocenters. The molecule has 7 nitrogen and oxygen atoms in total. The van der Waals surface area contributed by atoms with E-state index in [1.165, 1.54) is 11.0 Å². The van der Waals surface area contributed by atoms with Gasteiger partial charge in [0.05, 0.1) is 22.9 Å². The minimum Gasteiger partial charge on any atom is -0.321 e. The quantitative estimate of drug-likeness (QED) is 0.739. The van der Waals surface area contributed by atoms with Crippen molar-refractivity contribution in [3.8, 4) is 0 Å². The number of fused-ring (bicyclic) bond motifs is 1. The zero-order chi connectivity index (χ0) is 15.0. The van der Waals surface area contributed by atoms with Crippen molar-refractivity contribution >= 4 is 22.5 Å². The topological polar surface area (TPSA) is 92.7 Å². The number of amides is 1. The summed E-state index contributed by atoms with van der Waals surface area (Å²) in [6.07, 6.45) is 1.33. The van der Waals surface area contributed by atoms with Crippen LogP contribution in [0, 0.1) is 6.92 Å². The van der Waals surface area contributed by atoms with Crippen molar-refractivity contribution in [2.24, 2.45) is 7.05 Å². The smallest absolute Gasteiger partial charge is 0.273 e. The molecular formula is C14H13N5O2. The predicted octanol–water partition coefficient (Wildman–Crippen LogP) is 1.22. The molecule has 21 heavy (non-hydrogen) atoms. The Morgan fingerprint density at radius 3 is 2.86 bits per heavy atom. The van der Waals surface area contributed by atoms with Crippen LogP contribution in [0.3, 0.4) is 0 Å². The van der Waals surface area contributed by atoms with E-state index in [1.807, 2.05) is 6.92 Å². The van der Waals surface area contributed by atoms with Crippen LogP contribution in [0.4, 0.5) is 5.69 Å². The van der Waals surface area contributed by atoms with Gasteiger partial charge >= 0.3 is 0 Å². The van der Waals surface area contributed by atoms with Gasteiger partial charge in [-0.2, -0.15) is 5.10 Å². The number of carbonyl (C=O) groups excluding carboxylic acids is 1. The molecular weight excluding hydrogens is 270 g/mol. The lowest BCUT2D eigenvalue weighted by molar-refractivity contribution is 0.101. The lowest BCUT2D eigenvalue weighted by Crippen LogP contribution is -2.16. The summed E-state index contributed by atoms with van der Waals surface area (Å²) >= 11 is 0. The first-order valence-corrected chi connectivity index (χ1v) is 6.34. The van der Waals surface area contributed by atoms with Gasteiger partial charge in [-0.1, -0.05) is 0 Å². The van der Waals surface area contributed by atoms with Crippen molar-refractivity contribution in [3.63, 3.8) is 0 Å². The Balaban J connectivity index is 1.93. The average Bonchev–Trinajstić information content (AvgIpc) is 2.78. The molecule has 2 aromatic heterocycles. The molecule has 0 saturated heterocycles. The van der Waals surface area contributed by atoms with Crippen LogP contribution in [-0.4, -0.2) is 25.7 Å². The summed E-state index contributed by atoms with van der Waals surface area (Å²) in [6, 6.07) is 6.66. The first-order valence-electron chi connectivity index (χ1n) is 6.34. The van der Waals surface area contributed by atoms with Gasteiger partial charge in [-0.15, -0.1) is 0 Å². The normalized spacial score (nSPS) is 10.8. The number of nitrogens with zero attached hydrogens (tertiary/aromatic N) is 3. The van der Waals surface area contributed by atoms with Crippen molar-refractivity contribution in [1.29, 1.82) is 0 Å². The monoisotopic (exact) mass is 283 g/mol. The molecule has 0 aliphatic carbocycles. The molecule has 0 radical (unpaired) electrons. The van der Waals surface area contributed by atoms with Gasteiger partial charge in [0.2, 0.25) is 0 Å². The number of rotatable bonds is 2. The van der Waals surface area contributed by atoms with E-state index in [1.54, 1.807) is 31.3 Å². The Kier molecular flexibility index (Phi) is 3.02. The van der Waals surface area contributed by atoms with Crippen LogP contribution in [0.25, 0.3) is 10.9 Å². The Hall–Kier alpha value is -2.96. The Morgan fingerprint density at radius 2 is 2.14 bits per heavy atom. The number of aromatic amines is 1. The molecule has 0 spiro atoms. The SMILES string of the molecule is Cc1cc(C(=O)Nc2ccc3c(=O)[nH]cnc3c2)n(C)n1. The number of nitrogens with one attached hydrogen (secondary N) is 2. The molecule has 0 atom stereocenters. The van der Waals surface area contributed by atoms with Crippen LogP contribution in [0.1, 0.15) is 16.2 Å². The number of aromatic nitrogens is 4. The van der Waals surface area contributed by atoms with Crippen molar-refractivity contribution < 1.29 is 4.79 Å². The predicted molar refractivity (Wildman–Crippen MR) is 78.3 cm³/mol. The van der Waals surface area contributed by atoms with E-state index in [2.05, 4.69) is 20.4 Å². The van der Waals surface area contributed by atoms with Crippen molar-refractivity contribution in [2.45, 2.75) is 6.92 Å². The van der Waals surface area contributed by atoms with Gasteiger partial charge in [0.25, 0.3) is 11.5 Å². The summed E-state index contributed by atoms with van der Waals surface area (Å²) < 4.78 is 1.52. The molecule has 2 heterocycles. The van der Waals surface area contributed by atoms with E-state index < -0.39 is 0 Å². The van der Waals surface area contributed by atoms with Crippen molar-refractivity contribution in [2.75, 3.05) is 5.32 Å². The van der Waals surface area contributed by atoms with Crippen LogP contribution >= 0.6 is 0 Å². The van der Waals surface area contributed by atoms with E-state index in [0.29, 0.717) is 22.3 Å². The molecule has 106 valence electrons. The number of carbonyl (C=O) groups is 1. The Bertz CT molecular complexity index is 894. The highest BCUT2D eigenvalue weighted by atomic mass is 16.2. The highest BCUT2D eigenvalue weighted by Gasteiger charge is 2.12. The minimum absolute atomic E-state index is 0.208. The molecule has 0 aliphatic rings. The van der Waals surface area contributed by atoms with E-state index in [9.17, 15) is 9.59 Å². The van der Waals surface area contributed by atoms with Gasteiger partial charge in [0.1, 0.15) is 5.69 Å². The van der Waals surface area contributed by atoms with Crippen LogP contribution in [0.15, 0.2) is 35.4 Å². The fraction of sp³-hybridized carbons (Fsp3) is 0.143. The number of anilines is 1. The van der Waals surface area contributed by atoms with Gasteiger partial charge in [0, 0.05) is 12.7 Å². The number of benzene rings is 1. The molecule has 0 saturated carbocycles. The molecule has 3 rings (SSSR count). The minimum atomic E-state index is -0.262. The second kappa shape index (κ2) is 4.86. The zero-order valence-corrected chi connectivity index (χ0v) is 11.5. The lowest BCUT2D eigenvalue weighted by Gasteiger charge is -2.06. The zero-order valence-electron chi connectivity index (χ0n) is 11.5. The maximum absolute atomic E-state index is 12.2. The Labute approximate surface area is 119 Å². The molecule has 0 fully saturated rings. The van der Waals surface area contributed by atoms with Crippen LogP contribution < -0.4 is 10.9 Å². The lowest BCUT2D eigenvalue weighted by atomic mass is 10.2. The summed E-state index contributed by atoms with van der Waals surface area (Å²) in [5.41, 5.74) is 2.13. The fourth-order valence-corrected chi connectivity index (χ4v) is 2.16. The van der Waals surface area contributed by atoms with E-state index in [4.69, 9.17) is 0 Å². The fourth-order valence-electron chi connectivity index (χ4n) is 2.16. The van der Waals surface area contributed by atoms with E-state index >= 15 is 0 Å². The molecule has 7 heteroatoms. The number of hydrogen-bond acceptors (Lipinski definition) is 4. The second-order valence-electron chi connectivity index (χ2n) is 4.71. The average molecular weight is 283 g/mol. The van der Waals surface area contributed by atoms with E-state index in [-0.39, 0.29) is 11.5 Å². The van der Waals surface area contributed by atoms with Gasteiger partial charge in [0.15, 0.2) is 0 Å². The third kappa shape index (κ3) is 2.40. The summed E-state index contributed by atoms with van der Waals surface area (Å²) in [7, 11) is 1.71. The van der Waals surface area contributed by atoms with Gasteiger partial charge in [-0.05, 0) is 31.2 Å². The van der Waals surface area contributed by atoms with Gasteiger partial charge in [-0.3, -0.25) is 14.3 Å². The first-order chi connectivity index (χ1) is 10.0. The first kappa shape index (κ1) is 13.0. The standard InChI is InChI=1S/C14H13N5O2/c1-8-5-12(19(2)18-8)14(21)17-9-3-4-10-11(6-9)15-7-16-13(10)20/h3-7H,1-2H3,(H,17,21)(H,15,16,20). The highest BCUT2D eigenvalue weighted by Crippen LogP contribution is 2.15. The summed E-state index contributed by atoms with van der Waals surface area (Å²) in [4.78, 5) is 30.4. The largest absolute Gasteiger partial charge is 0.321 e. The molecule has 2 N–H and O–H groups in total. The van der Waals surface area contributed by atoms with Gasteiger partial charge < -0.3 is 10.3 Å². The van der Waals surface area contributed by atoms with Crippen LogP contribution in [0.5, 0.6) is 0 Å². The molecule has 0 aliphatic heterocycles. The second-order valence-corrected chi connectivity index (χ2v) is 4.71. The van der Waals surface area contributed by atoms with Crippen molar-refractivity contribution in [3.05, 3.63) is 52.3 Å². The summed E-state index contributed by atoms with van der Waals surface area (Å²) in [6.45, 7) is 1.82. The summed E-state index contributed by atoms with van der Waals surface area (Å²) in [5.74, 6) is -0.262. The number of H-pyrrole nitrogens is 1. The molecule has 1 aromatic carbocycles. The van der Waals surface area contributed by atoms with Crippen molar-refractivity contribution in [1.82, 2.24) is 19.7 Å². The summed E-state index contributed by atoms with van der Waals surface area (Å²) in [5, 5.41) is 7.38. The highest BCUT2D eigenvalue weighted by molar-refractivity contribution is 6.03. The maximum Gasteiger partial charge on any atom is 0.273 e. The molecule has 1 amide bonds. The molecule has 0 bridgehead atoms. The van der Waals surface area contributed by atoms with E-state index in [0.717, 1.165) is 5.69 Å². The number of hydrogen-bond donors (Lipinski definition) is 2.